The van der Waals surface area contributed by atoms with Gasteiger partial charge in [-0.25, -0.2) is 4.39 Å². The third kappa shape index (κ3) is 1.80. The molecule has 2 aromatic carbocycles. The van der Waals surface area contributed by atoms with Gasteiger partial charge in [-0.1, -0.05) is 17.7 Å². The molecule has 0 aliphatic rings. The predicted octanol–water partition coefficient (Wildman–Crippen LogP) is 4.59. The SMILES string of the molecule is Cc1ccc(C)c(-c2cc3cc(F)ccc3[nH]2)c1. The number of aryl methyl sites for hydroxylation is 2. The molecule has 0 atom stereocenters. The number of nitrogens with one attached hydrogen (secondary N) is 1. The summed E-state index contributed by atoms with van der Waals surface area (Å²) < 4.78 is 13.2. The number of fused-ring (bicyclic) bond motifs is 1. The van der Waals surface area contributed by atoms with Crippen molar-refractivity contribution in [2.45, 2.75) is 13.8 Å². The van der Waals surface area contributed by atoms with Crippen LogP contribution in [0.3, 0.4) is 0 Å². The second kappa shape index (κ2) is 3.98. The number of H-pyrrole nitrogens is 1. The molecule has 0 aliphatic carbocycles. The van der Waals surface area contributed by atoms with Crippen LogP contribution >= 0.6 is 0 Å². The fourth-order valence-electron chi connectivity index (χ4n) is 2.27. The number of aromatic amines is 1. The number of halogens is 1. The van der Waals surface area contributed by atoms with E-state index in [1.807, 2.05) is 6.07 Å². The van der Waals surface area contributed by atoms with Crippen molar-refractivity contribution in [2.75, 3.05) is 0 Å². The maximum atomic E-state index is 13.2. The molecule has 90 valence electrons. The lowest BCUT2D eigenvalue weighted by Gasteiger charge is -2.04. The van der Waals surface area contributed by atoms with Crippen LogP contribution < -0.4 is 0 Å². The fourth-order valence-corrected chi connectivity index (χ4v) is 2.27. The molecular formula is C16H14FN. The van der Waals surface area contributed by atoms with E-state index < -0.39 is 0 Å². The molecule has 1 nitrogen and oxygen atoms in total. The fraction of sp³-hybridized carbons (Fsp3) is 0.125. The Kier molecular flexibility index (Phi) is 2.44. The normalized spacial score (nSPS) is 11.1. The molecule has 3 rings (SSSR count). The van der Waals surface area contributed by atoms with Gasteiger partial charge in [-0.3, -0.25) is 0 Å². The summed E-state index contributed by atoms with van der Waals surface area (Å²) >= 11 is 0. The first-order valence-electron chi connectivity index (χ1n) is 5.99. The lowest BCUT2D eigenvalue weighted by Crippen LogP contribution is -1.84. The van der Waals surface area contributed by atoms with E-state index in [1.165, 1.54) is 22.8 Å². The summed E-state index contributed by atoms with van der Waals surface area (Å²) in [4.78, 5) is 3.34. The minimum Gasteiger partial charge on any atom is -0.355 e. The van der Waals surface area contributed by atoms with Crippen molar-refractivity contribution in [2.24, 2.45) is 0 Å². The van der Waals surface area contributed by atoms with Crippen molar-refractivity contribution in [1.82, 2.24) is 4.98 Å². The summed E-state index contributed by atoms with van der Waals surface area (Å²) in [6, 6.07) is 13.2. The van der Waals surface area contributed by atoms with Gasteiger partial charge in [0, 0.05) is 22.2 Å². The van der Waals surface area contributed by atoms with Crippen molar-refractivity contribution in [3.63, 3.8) is 0 Å². The van der Waals surface area contributed by atoms with Crippen molar-refractivity contribution in [1.29, 1.82) is 0 Å². The van der Waals surface area contributed by atoms with Crippen molar-refractivity contribution < 1.29 is 4.39 Å². The second-order valence-corrected chi connectivity index (χ2v) is 4.73. The molecule has 0 fully saturated rings. The minimum absolute atomic E-state index is 0.200. The molecule has 3 aromatic rings. The van der Waals surface area contributed by atoms with Gasteiger partial charge in [0.1, 0.15) is 5.82 Å². The molecule has 0 radical (unpaired) electrons. The van der Waals surface area contributed by atoms with E-state index in [0.717, 1.165) is 16.6 Å². The molecule has 0 bridgehead atoms. The Balaban J connectivity index is 2.22. The summed E-state index contributed by atoms with van der Waals surface area (Å²) in [5, 5.41) is 0.908. The zero-order valence-corrected chi connectivity index (χ0v) is 10.4. The molecule has 1 aromatic heterocycles. The third-order valence-electron chi connectivity index (χ3n) is 3.27. The van der Waals surface area contributed by atoms with Gasteiger partial charge < -0.3 is 4.98 Å². The summed E-state index contributed by atoms with van der Waals surface area (Å²) in [6.45, 7) is 4.16. The number of aromatic nitrogens is 1. The summed E-state index contributed by atoms with van der Waals surface area (Å²) in [6.07, 6.45) is 0. The van der Waals surface area contributed by atoms with E-state index in [0.29, 0.717) is 0 Å². The van der Waals surface area contributed by atoms with Gasteiger partial charge in [-0.2, -0.15) is 0 Å². The van der Waals surface area contributed by atoms with Gasteiger partial charge >= 0.3 is 0 Å². The standard InChI is InChI=1S/C16H14FN/c1-10-3-4-11(2)14(7-10)16-9-12-8-13(17)5-6-15(12)18-16/h3-9,18H,1-2H3. The molecule has 1 N–H and O–H groups in total. The number of benzene rings is 2. The van der Waals surface area contributed by atoms with E-state index in [2.05, 4.69) is 37.0 Å². The second-order valence-electron chi connectivity index (χ2n) is 4.73. The van der Waals surface area contributed by atoms with Gasteiger partial charge in [0.15, 0.2) is 0 Å². The first-order valence-corrected chi connectivity index (χ1v) is 5.99. The maximum Gasteiger partial charge on any atom is 0.123 e. The largest absolute Gasteiger partial charge is 0.355 e. The number of hydrogen-bond acceptors (Lipinski definition) is 0. The maximum absolute atomic E-state index is 13.2. The van der Waals surface area contributed by atoms with Crippen LogP contribution in [0.25, 0.3) is 22.2 Å². The van der Waals surface area contributed by atoms with Crippen LogP contribution in [0.2, 0.25) is 0 Å². The monoisotopic (exact) mass is 239 g/mol. The molecular weight excluding hydrogens is 225 g/mol. The van der Waals surface area contributed by atoms with Crippen LogP contribution in [-0.4, -0.2) is 4.98 Å². The Morgan fingerprint density at radius 2 is 1.78 bits per heavy atom. The highest BCUT2D eigenvalue weighted by molar-refractivity contribution is 5.86. The predicted molar refractivity (Wildman–Crippen MR) is 73.2 cm³/mol. The lowest BCUT2D eigenvalue weighted by molar-refractivity contribution is 0.630. The van der Waals surface area contributed by atoms with Gasteiger partial charge in [0.25, 0.3) is 0 Å². The zero-order chi connectivity index (χ0) is 12.7. The van der Waals surface area contributed by atoms with E-state index in [9.17, 15) is 4.39 Å². The highest BCUT2D eigenvalue weighted by atomic mass is 19.1. The first-order chi connectivity index (χ1) is 8.63. The Bertz CT molecular complexity index is 725. The smallest absolute Gasteiger partial charge is 0.123 e. The van der Waals surface area contributed by atoms with E-state index in [1.54, 1.807) is 12.1 Å². The molecule has 0 aliphatic heterocycles. The highest BCUT2D eigenvalue weighted by Gasteiger charge is 2.06. The van der Waals surface area contributed by atoms with Crippen LogP contribution in [-0.2, 0) is 0 Å². The van der Waals surface area contributed by atoms with Gasteiger partial charge in [0.05, 0.1) is 0 Å². The number of hydrogen-bond donors (Lipinski definition) is 1. The molecule has 0 spiro atoms. The summed E-state index contributed by atoms with van der Waals surface area (Å²) in [7, 11) is 0. The van der Waals surface area contributed by atoms with E-state index >= 15 is 0 Å². The quantitative estimate of drug-likeness (QED) is 0.639. The summed E-state index contributed by atoms with van der Waals surface area (Å²) in [5.74, 6) is -0.200. The molecule has 18 heavy (non-hydrogen) atoms. The molecule has 1 heterocycles. The highest BCUT2D eigenvalue weighted by Crippen LogP contribution is 2.27. The average molecular weight is 239 g/mol. The van der Waals surface area contributed by atoms with E-state index in [4.69, 9.17) is 0 Å². The van der Waals surface area contributed by atoms with Crippen LogP contribution in [0.15, 0.2) is 42.5 Å². The van der Waals surface area contributed by atoms with Gasteiger partial charge in [0.2, 0.25) is 0 Å². The Labute approximate surface area is 105 Å². The number of rotatable bonds is 1. The van der Waals surface area contributed by atoms with Crippen molar-refractivity contribution in [3.05, 3.63) is 59.4 Å². The zero-order valence-electron chi connectivity index (χ0n) is 10.4. The van der Waals surface area contributed by atoms with Crippen LogP contribution in [0.5, 0.6) is 0 Å². The van der Waals surface area contributed by atoms with Crippen molar-refractivity contribution in [3.8, 4) is 11.3 Å². The molecule has 0 unspecified atom stereocenters. The molecule has 0 saturated carbocycles. The van der Waals surface area contributed by atoms with E-state index in [-0.39, 0.29) is 5.82 Å². The summed E-state index contributed by atoms with van der Waals surface area (Å²) in [5.41, 5.74) is 5.61. The Morgan fingerprint density at radius 3 is 2.61 bits per heavy atom. The van der Waals surface area contributed by atoms with Crippen LogP contribution in [0.1, 0.15) is 11.1 Å². The first kappa shape index (κ1) is 11.0. The van der Waals surface area contributed by atoms with Gasteiger partial charge in [-0.05, 0) is 49.7 Å². The molecule has 2 heteroatoms. The van der Waals surface area contributed by atoms with Crippen LogP contribution in [0.4, 0.5) is 4.39 Å². The molecule has 0 saturated heterocycles. The lowest BCUT2D eigenvalue weighted by atomic mass is 10.0. The van der Waals surface area contributed by atoms with Crippen LogP contribution in [0, 0.1) is 19.7 Å². The minimum atomic E-state index is -0.200. The Hall–Kier alpha value is -2.09. The Morgan fingerprint density at radius 1 is 0.944 bits per heavy atom. The third-order valence-corrected chi connectivity index (χ3v) is 3.27. The molecule has 0 amide bonds. The van der Waals surface area contributed by atoms with Gasteiger partial charge in [-0.15, -0.1) is 0 Å². The topological polar surface area (TPSA) is 15.8 Å². The van der Waals surface area contributed by atoms with Crippen molar-refractivity contribution >= 4 is 10.9 Å². The average Bonchev–Trinajstić information content (AvgIpc) is 2.74.